The van der Waals surface area contributed by atoms with Crippen LogP contribution in [0.15, 0.2) is 48.5 Å². The Hall–Kier alpha value is -2.09. The largest absolute Gasteiger partial charge is 0.493 e. The monoisotopic (exact) mass is 280 g/mol. The first-order chi connectivity index (χ1) is 10.3. The van der Waals surface area contributed by atoms with Crippen molar-refractivity contribution in [2.45, 2.75) is 26.2 Å². The number of carbonyl (C=O) groups is 1. The number of ketones is 1. The van der Waals surface area contributed by atoms with Gasteiger partial charge in [-0.25, -0.2) is 0 Å². The highest BCUT2D eigenvalue weighted by atomic mass is 16.5. The molecule has 21 heavy (non-hydrogen) atoms. The Morgan fingerprint density at radius 2 is 1.67 bits per heavy atom. The second-order valence-corrected chi connectivity index (χ2v) is 5.58. The minimum Gasteiger partial charge on any atom is -0.493 e. The van der Waals surface area contributed by atoms with Gasteiger partial charge in [0.25, 0.3) is 0 Å². The SMILES string of the molecule is CCCOc1ccccc1C(=O)C1Cc2ccccc2C1. The van der Waals surface area contributed by atoms with Crippen LogP contribution in [0.3, 0.4) is 0 Å². The van der Waals surface area contributed by atoms with E-state index in [0.717, 1.165) is 30.6 Å². The molecular weight excluding hydrogens is 260 g/mol. The zero-order valence-corrected chi connectivity index (χ0v) is 12.3. The number of benzene rings is 2. The smallest absolute Gasteiger partial charge is 0.170 e. The fourth-order valence-electron chi connectivity index (χ4n) is 2.97. The number of carbonyl (C=O) groups excluding carboxylic acids is 1. The zero-order valence-electron chi connectivity index (χ0n) is 12.3. The predicted octanol–water partition coefficient (Wildman–Crippen LogP) is 4.07. The fourth-order valence-corrected chi connectivity index (χ4v) is 2.97. The van der Waals surface area contributed by atoms with Gasteiger partial charge in [-0.05, 0) is 42.5 Å². The quantitative estimate of drug-likeness (QED) is 0.772. The molecule has 2 aromatic rings. The molecule has 0 saturated heterocycles. The molecule has 0 aliphatic heterocycles. The molecule has 0 N–H and O–H groups in total. The van der Waals surface area contributed by atoms with E-state index in [4.69, 9.17) is 4.74 Å². The molecule has 2 heteroatoms. The van der Waals surface area contributed by atoms with Crippen molar-refractivity contribution in [1.29, 1.82) is 0 Å². The maximum atomic E-state index is 12.8. The Morgan fingerprint density at radius 1 is 1.05 bits per heavy atom. The lowest BCUT2D eigenvalue weighted by Crippen LogP contribution is -2.16. The number of fused-ring (bicyclic) bond motifs is 1. The van der Waals surface area contributed by atoms with E-state index < -0.39 is 0 Å². The van der Waals surface area contributed by atoms with Gasteiger partial charge in [-0.15, -0.1) is 0 Å². The second-order valence-electron chi connectivity index (χ2n) is 5.58. The molecule has 0 bridgehead atoms. The summed E-state index contributed by atoms with van der Waals surface area (Å²) in [5.74, 6) is 0.979. The fraction of sp³-hybridized carbons (Fsp3) is 0.316. The van der Waals surface area contributed by atoms with Gasteiger partial charge in [0, 0.05) is 5.92 Å². The molecule has 0 fully saturated rings. The van der Waals surface area contributed by atoms with E-state index in [1.54, 1.807) is 0 Å². The van der Waals surface area contributed by atoms with Gasteiger partial charge < -0.3 is 4.74 Å². The standard InChI is InChI=1S/C19H20O2/c1-2-11-21-18-10-6-5-9-17(18)19(20)16-12-14-7-3-4-8-15(14)13-16/h3-10,16H,2,11-13H2,1H3. The molecular formula is C19H20O2. The molecule has 2 nitrogen and oxygen atoms in total. The molecule has 108 valence electrons. The summed E-state index contributed by atoms with van der Waals surface area (Å²) in [4.78, 5) is 12.8. The first kappa shape index (κ1) is 13.9. The molecule has 0 unspecified atom stereocenters. The highest BCUT2D eigenvalue weighted by Crippen LogP contribution is 2.31. The summed E-state index contributed by atoms with van der Waals surface area (Å²) < 4.78 is 5.72. The molecule has 1 aliphatic rings. The van der Waals surface area contributed by atoms with E-state index in [0.29, 0.717) is 6.61 Å². The van der Waals surface area contributed by atoms with E-state index in [2.05, 4.69) is 19.1 Å². The summed E-state index contributed by atoms with van der Waals surface area (Å²) in [5.41, 5.74) is 3.34. The van der Waals surface area contributed by atoms with Gasteiger partial charge >= 0.3 is 0 Å². The molecule has 0 atom stereocenters. The summed E-state index contributed by atoms with van der Waals surface area (Å²) >= 11 is 0. The van der Waals surface area contributed by atoms with E-state index in [9.17, 15) is 4.79 Å². The van der Waals surface area contributed by atoms with E-state index in [1.807, 2.05) is 36.4 Å². The van der Waals surface area contributed by atoms with Gasteiger partial charge in [-0.1, -0.05) is 43.3 Å². The van der Waals surface area contributed by atoms with Crippen LogP contribution in [0.2, 0.25) is 0 Å². The second kappa shape index (κ2) is 6.13. The third-order valence-corrected chi connectivity index (χ3v) is 4.04. The third-order valence-electron chi connectivity index (χ3n) is 4.04. The molecule has 0 saturated carbocycles. The van der Waals surface area contributed by atoms with Crippen LogP contribution in [-0.4, -0.2) is 12.4 Å². The zero-order chi connectivity index (χ0) is 14.7. The maximum Gasteiger partial charge on any atom is 0.170 e. The Kier molecular flexibility index (Phi) is 4.05. The van der Waals surface area contributed by atoms with Gasteiger partial charge in [0.15, 0.2) is 5.78 Å². The van der Waals surface area contributed by atoms with Crippen molar-refractivity contribution in [2.75, 3.05) is 6.61 Å². The van der Waals surface area contributed by atoms with Crippen molar-refractivity contribution in [1.82, 2.24) is 0 Å². The topological polar surface area (TPSA) is 26.3 Å². The van der Waals surface area contributed by atoms with Crippen LogP contribution in [0.4, 0.5) is 0 Å². The average Bonchev–Trinajstić information content (AvgIpc) is 2.96. The highest BCUT2D eigenvalue weighted by Gasteiger charge is 2.29. The Bertz CT molecular complexity index is 621. The van der Waals surface area contributed by atoms with Crippen LogP contribution in [-0.2, 0) is 12.8 Å². The van der Waals surface area contributed by atoms with E-state index in [1.165, 1.54) is 11.1 Å². The predicted molar refractivity (Wildman–Crippen MR) is 83.9 cm³/mol. The number of hydrogen-bond donors (Lipinski definition) is 0. The van der Waals surface area contributed by atoms with Gasteiger partial charge in [-0.2, -0.15) is 0 Å². The van der Waals surface area contributed by atoms with Crippen molar-refractivity contribution >= 4 is 5.78 Å². The number of ether oxygens (including phenoxy) is 1. The number of para-hydroxylation sites is 1. The molecule has 0 spiro atoms. The van der Waals surface area contributed by atoms with E-state index >= 15 is 0 Å². The minimum atomic E-state index is 0.0498. The molecule has 2 aromatic carbocycles. The highest BCUT2D eigenvalue weighted by molar-refractivity contribution is 6.01. The van der Waals surface area contributed by atoms with Gasteiger partial charge in [0.1, 0.15) is 5.75 Å². The normalized spacial score (nSPS) is 14.0. The molecule has 0 aromatic heterocycles. The third kappa shape index (κ3) is 2.85. The Labute approximate surface area is 125 Å². The van der Waals surface area contributed by atoms with Gasteiger partial charge in [0.05, 0.1) is 12.2 Å². The molecule has 3 rings (SSSR count). The van der Waals surface area contributed by atoms with Crippen LogP contribution in [0.5, 0.6) is 5.75 Å². The van der Waals surface area contributed by atoms with Crippen LogP contribution in [0.25, 0.3) is 0 Å². The van der Waals surface area contributed by atoms with Crippen LogP contribution < -0.4 is 4.74 Å². The van der Waals surface area contributed by atoms with Crippen LogP contribution in [0.1, 0.15) is 34.8 Å². The average molecular weight is 280 g/mol. The Balaban J connectivity index is 1.81. The van der Waals surface area contributed by atoms with Gasteiger partial charge in [0.2, 0.25) is 0 Å². The molecule has 1 aliphatic carbocycles. The van der Waals surface area contributed by atoms with E-state index in [-0.39, 0.29) is 11.7 Å². The first-order valence-electron chi connectivity index (χ1n) is 7.62. The summed E-state index contributed by atoms with van der Waals surface area (Å²) in [7, 11) is 0. The lowest BCUT2D eigenvalue weighted by atomic mass is 9.94. The minimum absolute atomic E-state index is 0.0498. The summed E-state index contributed by atoms with van der Waals surface area (Å²) in [6.45, 7) is 2.72. The molecule has 0 heterocycles. The number of Topliss-reactive ketones (excluding diaryl/α,β-unsaturated/α-hetero) is 1. The maximum absolute atomic E-state index is 12.8. The summed E-state index contributed by atoms with van der Waals surface area (Å²) in [6, 6.07) is 16.0. The van der Waals surface area contributed by atoms with Crippen LogP contribution in [0, 0.1) is 5.92 Å². The number of hydrogen-bond acceptors (Lipinski definition) is 2. The summed E-state index contributed by atoms with van der Waals surface area (Å²) in [6.07, 6.45) is 2.63. The van der Waals surface area contributed by atoms with Crippen molar-refractivity contribution in [3.05, 3.63) is 65.2 Å². The van der Waals surface area contributed by atoms with Crippen molar-refractivity contribution < 1.29 is 9.53 Å². The number of rotatable bonds is 5. The molecule has 0 radical (unpaired) electrons. The van der Waals surface area contributed by atoms with Crippen molar-refractivity contribution in [3.8, 4) is 5.75 Å². The molecule has 0 amide bonds. The van der Waals surface area contributed by atoms with Gasteiger partial charge in [-0.3, -0.25) is 4.79 Å². The first-order valence-corrected chi connectivity index (χ1v) is 7.62. The van der Waals surface area contributed by atoms with Crippen LogP contribution >= 0.6 is 0 Å². The Morgan fingerprint density at radius 3 is 2.33 bits per heavy atom. The van der Waals surface area contributed by atoms with Crippen molar-refractivity contribution in [3.63, 3.8) is 0 Å². The summed E-state index contributed by atoms with van der Waals surface area (Å²) in [5, 5.41) is 0. The van der Waals surface area contributed by atoms with Crippen molar-refractivity contribution in [2.24, 2.45) is 5.92 Å². The lowest BCUT2D eigenvalue weighted by molar-refractivity contribution is 0.0920. The lowest BCUT2D eigenvalue weighted by Gasteiger charge is -2.13.